The van der Waals surface area contributed by atoms with Crippen molar-refractivity contribution in [3.8, 4) is 11.4 Å². The van der Waals surface area contributed by atoms with Crippen molar-refractivity contribution >= 4 is 0 Å². The van der Waals surface area contributed by atoms with Crippen molar-refractivity contribution in [2.45, 2.75) is 18.8 Å². The van der Waals surface area contributed by atoms with Gasteiger partial charge < -0.3 is 0 Å². The van der Waals surface area contributed by atoms with Crippen molar-refractivity contribution in [3.63, 3.8) is 0 Å². The first-order valence-electron chi connectivity index (χ1n) is 5.02. The molecule has 4 nitrogen and oxygen atoms in total. The van der Waals surface area contributed by atoms with Gasteiger partial charge in [0.2, 0.25) is 0 Å². The Labute approximate surface area is 87.4 Å². The van der Waals surface area contributed by atoms with Gasteiger partial charge in [-0.2, -0.15) is 10.2 Å². The van der Waals surface area contributed by atoms with Crippen LogP contribution in [-0.2, 0) is 0 Å². The van der Waals surface area contributed by atoms with Gasteiger partial charge in [0.1, 0.15) is 0 Å². The summed E-state index contributed by atoms with van der Waals surface area (Å²) in [6.45, 7) is 0. The highest BCUT2D eigenvalue weighted by molar-refractivity contribution is 5.51. The summed E-state index contributed by atoms with van der Waals surface area (Å²) >= 11 is 0. The molecule has 0 spiro atoms. The Morgan fingerprint density at radius 1 is 1.00 bits per heavy atom. The van der Waals surface area contributed by atoms with Crippen molar-refractivity contribution in [1.29, 1.82) is 0 Å². The fourth-order valence-electron chi connectivity index (χ4n) is 1.54. The van der Waals surface area contributed by atoms with Gasteiger partial charge in [-0.15, -0.1) is 0 Å². The van der Waals surface area contributed by atoms with Crippen molar-refractivity contribution in [2.24, 2.45) is 0 Å². The lowest BCUT2D eigenvalue weighted by Crippen LogP contribution is -1.92. The van der Waals surface area contributed by atoms with Crippen LogP contribution in [0.4, 0.5) is 0 Å². The summed E-state index contributed by atoms with van der Waals surface area (Å²) in [6, 6.07) is 1.86. The lowest BCUT2D eigenvalue weighted by atomic mass is 10.2. The van der Waals surface area contributed by atoms with Gasteiger partial charge in [-0.05, 0) is 30.4 Å². The summed E-state index contributed by atoms with van der Waals surface area (Å²) in [5.41, 5.74) is 2.16. The number of aromatic nitrogens is 4. The van der Waals surface area contributed by atoms with Crippen molar-refractivity contribution < 1.29 is 0 Å². The molecule has 4 heteroatoms. The summed E-state index contributed by atoms with van der Waals surface area (Å²) in [4.78, 5) is 8.66. The molecule has 0 aliphatic heterocycles. The van der Waals surface area contributed by atoms with E-state index in [-0.39, 0.29) is 0 Å². The number of hydrogen-bond acceptors (Lipinski definition) is 4. The maximum atomic E-state index is 4.33. The molecule has 74 valence electrons. The first-order chi connectivity index (χ1) is 7.43. The van der Waals surface area contributed by atoms with Crippen LogP contribution in [0.1, 0.15) is 24.3 Å². The molecular weight excluding hydrogens is 188 g/mol. The van der Waals surface area contributed by atoms with E-state index in [4.69, 9.17) is 0 Å². The van der Waals surface area contributed by atoms with Gasteiger partial charge in [0.05, 0.1) is 12.4 Å². The maximum absolute atomic E-state index is 4.33. The Morgan fingerprint density at radius 2 is 1.80 bits per heavy atom. The van der Waals surface area contributed by atoms with E-state index in [1.54, 1.807) is 12.4 Å². The topological polar surface area (TPSA) is 51.6 Å². The average molecular weight is 198 g/mol. The summed E-state index contributed by atoms with van der Waals surface area (Å²) in [6.07, 6.45) is 9.71. The van der Waals surface area contributed by atoms with E-state index in [9.17, 15) is 0 Å². The van der Waals surface area contributed by atoms with E-state index in [0.29, 0.717) is 11.7 Å². The average Bonchev–Trinajstić information content (AvgIpc) is 3.15. The maximum Gasteiger partial charge on any atom is 0.160 e. The molecule has 15 heavy (non-hydrogen) atoms. The predicted octanol–water partition coefficient (Wildman–Crippen LogP) is 1.81. The van der Waals surface area contributed by atoms with Crippen LogP contribution in [0, 0.1) is 0 Å². The molecular formula is C11H10N4. The van der Waals surface area contributed by atoms with Crippen LogP contribution in [0.2, 0.25) is 0 Å². The van der Waals surface area contributed by atoms with Gasteiger partial charge in [-0.25, -0.2) is 9.97 Å². The zero-order valence-corrected chi connectivity index (χ0v) is 8.17. The molecule has 0 aromatic carbocycles. The normalized spacial score (nSPS) is 15.2. The number of nitrogens with zero attached hydrogens (tertiary/aromatic N) is 4. The Morgan fingerprint density at radius 3 is 2.40 bits per heavy atom. The predicted molar refractivity (Wildman–Crippen MR) is 55.0 cm³/mol. The van der Waals surface area contributed by atoms with Crippen LogP contribution in [0.3, 0.4) is 0 Å². The second-order valence-electron chi connectivity index (χ2n) is 3.75. The Bertz CT molecular complexity index is 448. The van der Waals surface area contributed by atoms with Crippen molar-refractivity contribution in [3.05, 3.63) is 36.4 Å². The molecule has 0 radical (unpaired) electrons. The second-order valence-corrected chi connectivity index (χ2v) is 3.75. The van der Waals surface area contributed by atoms with Gasteiger partial charge in [0.25, 0.3) is 0 Å². The first kappa shape index (κ1) is 8.47. The van der Waals surface area contributed by atoms with Gasteiger partial charge in [-0.3, -0.25) is 0 Å². The summed E-state index contributed by atoms with van der Waals surface area (Å²) < 4.78 is 0. The largest absolute Gasteiger partial charge is 0.236 e. The number of hydrogen-bond donors (Lipinski definition) is 0. The van der Waals surface area contributed by atoms with Crippen molar-refractivity contribution in [2.75, 3.05) is 0 Å². The van der Waals surface area contributed by atoms with E-state index >= 15 is 0 Å². The standard InChI is InChI=1S/C11H10N4/c1-2-8(1)10-5-12-11(13-6-10)9-3-4-14-15-7-9/h3-8H,1-2H2. The minimum Gasteiger partial charge on any atom is -0.236 e. The van der Waals surface area contributed by atoms with Gasteiger partial charge in [0, 0.05) is 18.0 Å². The third kappa shape index (κ3) is 1.70. The van der Waals surface area contributed by atoms with Crippen molar-refractivity contribution in [1.82, 2.24) is 20.2 Å². The molecule has 0 amide bonds. The van der Waals surface area contributed by atoms with E-state index in [1.807, 2.05) is 18.5 Å². The quantitative estimate of drug-likeness (QED) is 0.738. The SMILES string of the molecule is c1cc(-c2ncc(C3CC3)cn2)cnn1. The molecule has 1 aliphatic carbocycles. The monoisotopic (exact) mass is 198 g/mol. The fraction of sp³-hybridized carbons (Fsp3) is 0.273. The number of rotatable bonds is 2. The highest BCUT2D eigenvalue weighted by atomic mass is 15.1. The van der Waals surface area contributed by atoms with Crippen LogP contribution in [0.25, 0.3) is 11.4 Å². The molecule has 0 unspecified atom stereocenters. The first-order valence-corrected chi connectivity index (χ1v) is 5.02. The van der Waals surface area contributed by atoms with E-state index in [0.717, 1.165) is 5.56 Å². The zero-order valence-electron chi connectivity index (χ0n) is 8.17. The molecule has 1 aliphatic rings. The smallest absolute Gasteiger partial charge is 0.160 e. The highest BCUT2D eigenvalue weighted by Crippen LogP contribution is 2.39. The van der Waals surface area contributed by atoms with E-state index in [1.165, 1.54) is 18.4 Å². The van der Waals surface area contributed by atoms with Crippen LogP contribution in [0.15, 0.2) is 30.9 Å². The van der Waals surface area contributed by atoms with E-state index in [2.05, 4.69) is 20.2 Å². The van der Waals surface area contributed by atoms with E-state index < -0.39 is 0 Å². The van der Waals surface area contributed by atoms with Crippen LogP contribution in [-0.4, -0.2) is 20.2 Å². The highest BCUT2D eigenvalue weighted by Gasteiger charge is 2.23. The summed E-state index contributed by atoms with van der Waals surface area (Å²) in [5.74, 6) is 1.42. The zero-order chi connectivity index (χ0) is 10.1. The van der Waals surface area contributed by atoms with Crippen LogP contribution >= 0.6 is 0 Å². The molecule has 2 heterocycles. The van der Waals surface area contributed by atoms with Gasteiger partial charge in [0.15, 0.2) is 5.82 Å². The second kappa shape index (κ2) is 3.38. The van der Waals surface area contributed by atoms with Gasteiger partial charge >= 0.3 is 0 Å². The molecule has 1 fully saturated rings. The lowest BCUT2D eigenvalue weighted by molar-refractivity contribution is 1.01. The van der Waals surface area contributed by atoms with Crippen LogP contribution in [0.5, 0.6) is 0 Å². The summed E-state index contributed by atoms with van der Waals surface area (Å²) in [5, 5.41) is 7.52. The molecule has 1 saturated carbocycles. The molecule has 0 saturated heterocycles. The molecule has 2 aromatic heterocycles. The fourth-order valence-corrected chi connectivity index (χ4v) is 1.54. The minimum absolute atomic E-state index is 0.703. The minimum atomic E-state index is 0.703. The lowest BCUT2D eigenvalue weighted by Gasteiger charge is -2.00. The summed E-state index contributed by atoms with van der Waals surface area (Å²) in [7, 11) is 0. The third-order valence-electron chi connectivity index (χ3n) is 2.56. The Balaban J connectivity index is 1.93. The Hall–Kier alpha value is -1.84. The molecule has 3 rings (SSSR count). The molecule has 0 atom stereocenters. The van der Waals surface area contributed by atoms with Crippen LogP contribution < -0.4 is 0 Å². The third-order valence-corrected chi connectivity index (χ3v) is 2.56. The molecule has 0 N–H and O–H groups in total. The molecule has 0 bridgehead atoms. The Kier molecular flexibility index (Phi) is 1.91. The molecule has 2 aromatic rings. The van der Waals surface area contributed by atoms with Gasteiger partial charge in [-0.1, -0.05) is 0 Å².